The Morgan fingerprint density at radius 2 is 0.853 bits per heavy atom. The summed E-state index contributed by atoms with van der Waals surface area (Å²) in [4.78, 5) is 5.07. The Bertz CT molecular complexity index is 3880. The summed E-state index contributed by atoms with van der Waals surface area (Å²) in [6.45, 7) is 16.2. The first-order valence-corrected chi connectivity index (χ1v) is 23.9. The van der Waals surface area contributed by atoms with Gasteiger partial charge in [0.2, 0.25) is 0 Å². The van der Waals surface area contributed by atoms with Crippen LogP contribution in [-0.4, -0.2) is 6.71 Å². The molecule has 0 atom stereocenters. The molecule has 0 amide bonds. The highest BCUT2D eigenvalue weighted by Gasteiger charge is 2.44. The molecule has 0 aliphatic carbocycles. The van der Waals surface area contributed by atoms with Crippen LogP contribution >= 0.6 is 0 Å². The maximum absolute atomic E-state index is 6.40. The van der Waals surface area contributed by atoms with E-state index in [1.54, 1.807) is 0 Å². The third kappa shape index (κ3) is 6.29. The van der Waals surface area contributed by atoms with E-state index >= 15 is 0 Å². The Morgan fingerprint density at radius 1 is 0.368 bits per heavy atom. The van der Waals surface area contributed by atoms with Gasteiger partial charge < -0.3 is 18.6 Å². The van der Waals surface area contributed by atoms with Crippen molar-refractivity contribution in [2.45, 2.75) is 59.3 Å². The molecule has 0 saturated carbocycles. The summed E-state index contributed by atoms with van der Waals surface area (Å²) in [6.07, 6.45) is 0. The molecule has 13 rings (SSSR count). The zero-order chi connectivity index (χ0) is 46.2. The van der Waals surface area contributed by atoms with Crippen molar-refractivity contribution in [2.75, 3.05) is 9.80 Å². The lowest BCUT2D eigenvalue weighted by Crippen LogP contribution is -2.61. The van der Waals surface area contributed by atoms with E-state index in [0.29, 0.717) is 0 Å². The minimum Gasteiger partial charge on any atom is -0.456 e. The van der Waals surface area contributed by atoms with Gasteiger partial charge in [-0.25, -0.2) is 0 Å². The third-order valence-corrected chi connectivity index (χ3v) is 14.6. The fourth-order valence-corrected chi connectivity index (χ4v) is 11.1. The largest absolute Gasteiger partial charge is 0.456 e. The number of hydrogen-bond acceptors (Lipinski definition) is 4. The van der Waals surface area contributed by atoms with Crippen LogP contribution in [0, 0.1) is 6.92 Å². The molecule has 0 spiro atoms. The van der Waals surface area contributed by atoms with Gasteiger partial charge in [0, 0.05) is 55.7 Å². The van der Waals surface area contributed by atoms with Crippen molar-refractivity contribution in [3.8, 4) is 22.3 Å². The average molecular weight is 879 g/mol. The first-order valence-electron chi connectivity index (χ1n) is 23.9. The maximum atomic E-state index is 6.40. The van der Waals surface area contributed by atoms with Crippen LogP contribution in [0.4, 0.5) is 34.1 Å². The third-order valence-electron chi connectivity index (χ3n) is 14.6. The van der Waals surface area contributed by atoms with Crippen molar-refractivity contribution in [2.24, 2.45) is 0 Å². The minimum atomic E-state index is -0.0524. The second kappa shape index (κ2) is 14.6. The van der Waals surface area contributed by atoms with Gasteiger partial charge in [-0.3, -0.25) is 0 Å². The Labute approximate surface area is 398 Å². The van der Waals surface area contributed by atoms with Gasteiger partial charge in [0.25, 0.3) is 6.71 Å². The number of rotatable bonds is 4. The molecule has 5 heteroatoms. The van der Waals surface area contributed by atoms with E-state index < -0.39 is 0 Å². The highest BCUT2D eigenvalue weighted by atomic mass is 16.3. The molecule has 11 aromatic rings. The Morgan fingerprint density at radius 3 is 1.41 bits per heavy atom. The minimum absolute atomic E-state index is 0.00627. The molecule has 2 aromatic heterocycles. The molecule has 4 heterocycles. The summed E-state index contributed by atoms with van der Waals surface area (Å²) < 4.78 is 12.8. The van der Waals surface area contributed by atoms with Crippen molar-refractivity contribution >= 4 is 101 Å². The lowest BCUT2D eigenvalue weighted by atomic mass is 9.33. The number of nitrogens with zero attached hydrogens (tertiary/aromatic N) is 2. The van der Waals surface area contributed by atoms with Crippen LogP contribution in [0.3, 0.4) is 0 Å². The molecule has 0 saturated heterocycles. The maximum Gasteiger partial charge on any atom is 0.252 e. The van der Waals surface area contributed by atoms with Crippen LogP contribution in [0.5, 0.6) is 0 Å². The summed E-state index contributed by atoms with van der Waals surface area (Å²) >= 11 is 0. The number of para-hydroxylation sites is 2. The van der Waals surface area contributed by atoms with Crippen molar-refractivity contribution in [3.63, 3.8) is 0 Å². The molecule has 0 radical (unpaired) electrons. The number of aryl methyl sites for hydroxylation is 1. The van der Waals surface area contributed by atoms with Gasteiger partial charge in [-0.2, -0.15) is 0 Å². The van der Waals surface area contributed by atoms with E-state index in [-0.39, 0.29) is 17.5 Å². The smallest absolute Gasteiger partial charge is 0.252 e. The Balaban J connectivity index is 1.02. The van der Waals surface area contributed by atoms with Crippen LogP contribution < -0.4 is 26.2 Å². The summed E-state index contributed by atoms with van der Waals surface area (Å²) in [5.41, 5.74) is 22.9. The van der Waals surface area contributed by atoms with Crippen molar-refractivity contribution < 1.29 is 8.83 Å². The van der Waals surface area contributed by atoms with Crippen LogP contribution in [0.15, 0.2) is 191 Å². The SMILES string of the molecule is Cc1cc2c3c(c1)N(c1cccc(-c4ccc5c(c4)oc4ccccc45)c1)c1cc(C(C)(C)C)ccc1B3c1cc(C(C)(C)C)ccc1N2c1cccc(-c2ccc3c(c2)oc2ccccc23)c1. The molecule has 0 unspecified atom stereocenters. The molecule has 0 bridgehead atoms. The van der Waals surface area contributed by atoms with Crippen LogP contribution in [0.1, 0.15) is 58.2 Å². The monoisotopic (exact) mass is 878 g/mol. The van der Waals surface area contributed by atoms with Gasteiger partial charge in [0.05, 0.1) is 0 Å². The molecule has 68 heavy (non-hydrogen) atoms. The molecular formula is C63H51BN2O2. The van der Waals surface area contributed by atoms with Crippen molar-refractivity contribution in [1.82, 2.24) is 0 Å². The highest BCUT2D eigenvalue weighted by molar-refractivity contribution is 7.00. The fraction of sp³-hybridized carbons (Fsp3) is 0.143. The van der Waals surface area contributed by atoms with Crippen LogP contribution in [-0.2, 0) is 10.8 Å². The normalized spacial score (nSPS) is 13.4. The molecule has 328 valence electrons. The Hall–Kier alpha value is -7.76. The van der Waals surface area contributed by atoms with Crippen molar-refractivity contribution in [1.29, 1.82) is 0 Å². The predicted molar refractivity (Wildman–Crippen MR) is 288 cm³/mol. The predicted octanol–water partition coefficient (Wildman–Crippen LogP) is 15.8. The molecule has 0 N–H and O–H groups in total. The lowest BCUT2D eigenvalue weighted by Gasteiger charge is -2.45. The quantitative estimate of drug-likeness (QED) is 0.165. The first-order chi connectivity index (χ1) is 32.9. The van der Waals surface area contributed by atoms with Gasteiger partial charge >= 0.3 is 0 Å². The number of anilines is 6. The van der Waals surface area contributed by atoms with E-state index in [1.807, 2.05) is 24.3 Å². The molecule has 9 aromatic carbocycles. The van der Waals surface area contributed by atoms with E-state index in [4.69, 9.17) is 8.83 Å². The van der Waals surface area contributed by atoms with Gasteiger partial charge in [0.15, 0.2) is 0 Å². The standard InChI is InChI=1S/C63H51BN2O2/c1-38-30-55-61-56(31-38)66(46-17-13-15-40(33-46)42-23-27-50-48-19-9-11-21-58(48)68-60(50)35-42)54-37-44(63(5,6)7)24-28-51(54)64(61)52-36-43(62(2,3)4)25-29-53(52)65(55)45-16-12-14-39(32-45)41-22-26-49-47-18-8-10-20-57(47)67-59(49)34-41/h8-37H,1-7H3. The second-order valence-corrected chi connectivity index (χ2v) is 21.1. The molecule has 4 nitrogen and oxygen atoms in total. The second-order valence-electron chi connectivity index (χ2n) is 21.1. The van der Waals surface area contributed by atoms with E-state index in [0.717, 1.165) is 77.5 Å². The van der Waals surface area contributed by atoms with Gasteiger partial charge in [-0.1, -0.05) is 139 Å². The average Bonchev–Trinajstić information content (AvgIpc) is 3.90. The summed E-state index contributed by atoms with van der Waals surface area (Å²) in [6, 6.07) is 67.3. The van der Waals surface area contributed by atoms with Gasteiger partial charge in [-0.15, -0.1) is 0 Å². The molecule has 2 aliphatic heterocycles. The van der Waals surface area contributed by atoms with Crippen molar-refractivity contribution in [3.05, 3.63) is 199 Å². The number of benzene rings is 9. The summed E-state index contributed by atoms with van der Waals surface area (Å²) in [5.74, 6) is 0. The van der Waals surface area contributed by atoms with Crippen LogP contribution in [0.25, 0.3) is 66.1 Å². The fourth-order valence-electron chi connectivity index (χ4n) is 11.1. The van der Waals surface area contributed by atoms with E-state index in [9.17, 15) is 0 Å². The Kier molecular flexibility index (Phi) is 8.71. The zero-order valence-corrected chi connectivity index (χ0v) is 39.6. The lowest BCUT2D eigenvalue weighted by molar-refractivity contribution is 0.590. The highest BCUT2D eigenvalue weighted by Crippen LogP contribution is 2.47. The molecule has 0 fully saturated rings. The van der Waals surface area contributed by atoms with E-state index in [1.165, 1.54) is 55.8 Å². The van der Waals surface area contributed by atoms with Gasteiger partial charge in [-0.05, 0) is 158 Å². The molecule has 2 aliphatic rings. The van der Waals surface area contributed by atoms with Gasteiger partial charge in [0.1, 0.15) is 22.3 Å². The first kappa shape index (κ1) is 40.5. The number of furan rings is 2. The number of hydrogen-bond donors (Lipinski definition) is 0. The summed E-state index contributed by atoms with van der Waals surface area (Å²) in [5, 5.41) is 4.55. The topological polar surface area (TPSA) is 32.8 Å². The molecular weight excluding hydrogens is 828 g/mol. The van der Waals surface area contributed by atoms with E-state index in [2.05, 4.69) is 216 Å². The summed E-state index contributed by atoms with van der Waals surface area (Å²) in [7, 11) is 0. The van der Waals surface area contributed by atoms with Crippen LogP contribution in [0.2, 0.25) is 0 Å². The number of fused-ring (bicyclic) bond motifs is 10. The zero-order valence-electron chi connectivity index (χ0n) is 39.6.